The number of rotatable bonds is 6. The minimum atomic E-state index is 0.0126. The van der Waals surface area contributed by atoms with Gasteiger partial charge in [0.2, 0.25) is 5.91 Å². The molecule has 5 rings (SSSR count). The summed E-state index contributed by atoms with van der Waals surface area (Å²) >= 11 is 0. The fourth-order valence-electron chi connectivity index (χ4n) is 5.16. The maximum absolute atomic E-state index is 12.0. The molecule has 0 spiro atoms. The topological polar surface area (TPSA) is 41.6 Å². The smallest absolute Gasteiger partial charge is 0.226 e. The molecular formula is C23H32N2O2. The van der Waals surface area contributed by atoms with E-state index in [1.807, 2.05) is 6.07 Å². The van der Waals surface area contributed by atoms with Crippen molar-refractivity contribution in [3.8, 4) is 0 Å². The first-order valence-electron chi connectivity index (χ1n) is 10.3. The van der Waals surface area contributed by atoms with Crippen molar-refractivity contribution >= 4 is 11.6 Å². The summed E-state index contributed by atoms with van der Waals surface area (Å²) in [5, 5.41) is 3.00. The van der Waals surface area contributed by atoms with E-state index in [1.54, 1.807) is 12.7 Å². The third-order valence-corrected chi connectivity index (χ3v) is 7.10. The van der Waals surface area contributed by atoms with Gasteiger partial charge in [0.25, 0.3) is 0 Å². The number of fused-ring (bicyclic) bond motifs is 2. The molecule has 1 heterocycles. The Labute approximate surface area is 163 Å². The van der Waals surface area contributed by atoms with Crippen LogP contribution in [0.25, 0.3) is 0 Å². The van der Waals surface area contributed by atoms with Crippen molar-refractivity contribution < 1.29 is 9.53 Å². The van der Waals surface area contributed by atoms with Crippen molar-refractivity contribution in [1.82, 2.24) is 4.90 Å². The molecule has 1 saturated carbocycles. The molecule has 0 radical (unpaired) electrons. The van der Waals surface area contributed by atoms with Crippen LogP contribution in [0, 0.1) is 17.3 Å². The van der Waals surface area contributed by atoms with Gasteiger partial charge in [-0.25, -0.2) is 0 Å². The number of hydrogen-bond donors (Lipinski definition) is 1. The van der Waals surface area contributed by atoms with Gasteiger partial charge in [-0.2, -0.15) is 0 Å². The number of nitrogens with one attached hydrogen (secondary N) is 1. The Morgan fingerprint density at radius 1 is 1.33 bits per heavy atom. The van der Waals surface area contributed by atoms with Crippen molar-refractivity contribution in [1.29, 1.82) is 0 Å². The number of ether oxygens (including phenoxy) is 1. The summed E-state index contributed by atoms with van der Waals surface area (Å²) in [5.74, 6) is 1.69. The van der Waals surface area contributed by atoms with Crippen molar-refractivity contribution in [2.24, 2.45) is 17.3 Å². The molecule has 4 nitrogen and oxygen atoms in total. The van der Waals surface area contributed by atoms with E-state index in [4.69, 9.17) is 4.74 Å². The van der Waals surface area contributed by atoms with Crippen LogP contribution in [0.4, 0.5) is 5.69 Å². The van der Waals surface area contributed by atoms with E-state index in [1.165, 1.54) is 24.0 Å². The Kier molecular flexibility index (Phi) is 5.13. The lowest BCUT2D eigenvalue weighted by atomic mass is 9.49. The van der Waals surface area contributed by atoms with Gasteiger partial charge in [0.05, 0.1) is 13.0 Å². The number of hydrogen-bond acceptors (Lipinski definition) is 3. The van der Waals surface area contributed by atoms with E-state index in [0.29, 0.717) is 18.4 Å². The zero-order chi connectivity index (χ0) is 19.0. The average molecular weight is 369 g/mol. The first-order valence-corrected chi connectivity index (χ1v) is 10.3. The van der Waals surface area contributed by atoms with Gasteiger partial charge in [-0.05, 0) is 59.8 Å². The Morgan fingerprint density at radius 3 is 2.93 bits per heavy atom. The van der Waals surface area contributed by atoms with Crippen LogP contribution < -0.4 is 5.32 Å². The quantitative estimate of drug-likeness (QED) is 0.772. The largest absolute Gasteiger partial charge is 0.384 e. The summed E-state index contributed by atoms with van der Waals surface area (Å²) < 4.78 is 4.98. The second-order valence-corrected chi connectivity index (χ2v) is 9.06. The number of benzene rings is 1. The van der Waals surface area contributed by atoms with Gasteiger partial charge in [0.15, 0.2) is 0 Å². The lowest BCUT2D eigenvalue weighted by Crippen LogP contribution is -2.50. The summed E-state index contributed by atoms with van der Waals surface area (Å²) in [6, 6.07) is 6.36. The summed E-state index contributed by atoms with van der Waals surface area (Å²) in [6.07, 6.45) is 6.66. The molecule has 1 aliphatic heterocycles. The second-order valence-electron chi connectivity index (χ2n) is 9.06. The number of carbonyl (C=O) groups is 1. The average Bonchev–Trinajstić information content (AvgIpc) is 2.66. The summed E-state index contributed by atoms with van der Waals surface area (Å²) in [4.78, 5) is 14.5. The second kappa shape index (κ2) is 7.40. The number of methoxy groups -OCH3 is 1. The fourth-order valence-corrected chi connectivity index (χ4v) is 5.16. The number of amides is 1. The summed E-state index contributed by atoms with van der Waals surface area (Å²) in [6.45, 7) is 8.56. The molecule has 2 atom stereocenters. The molecule has 2 bridgehead atoms. The molecule has 4 aliphatic rings. The maximum Gasteiger partial charge on any atom is 0.226 e. The van der Waals surface area contributed by atoms with E-state index in [2.05, 4.69) is 42.3 Å². The molecule has 0 unspecified atom stereocenters. The van der Waals surface area contributed by atoms with E-state index in [0.717, 1.165) is 43.6 Å². The van der Waals surface area contributed by atoms with Gasteiger partial charge in [-0.15, -0.1) is 0 Å². The van der Waals surface area contributed by atoms with Crippen molar-refractivity contribution in [2.45, 2.75) is 46.1 Å². The molecule has 1 aromatic carbocycles. The maximum atomic E-state index is 12.0. The van der Waals surface area contributed by atoms with Crippen LogP contribution in [-0.4, -0.2) is 37.6 Å². The molecule has 27 heavy (non-hydrogen) atoms. The van der Waals surface area contributed by atoms with E-state index >= 15 is 0 Å². The van der Waals surface area contributed by atoms with Crippen molar-refractivity contribution in [3.63, 3.8) is 0 Å². The van der Waals surface area contributed by atoms with Crippen molar-refractivity contribution in [2.75, 3.05) is 32.1 Å². The molecule has 1 aromatic rings. The lowest BCUT2D eigenvalue weighted by molar-refractivity contribution is -0.117. The van der Waals surface area contributed by atoms with Gasteiger partial charge in [0, 0.05) is 32.4 Å². The van der Waals surface area contributed by atoms with E-state index in [-0.39, 0.29) is 5.91 Å². The van der Waals surface area contributed by atoms with E-state index < -0.39 is 0 Å². The highest BCUT2D eigenvalue weighted by atomic mass is 16.5. The van der Waals surface area contributed by atoms with E-state index in [9.17, 15) is 4.79 Å². The molecule has 146 valence electrons. The number of anilines is 1. The molecule has 1 amide bonds. The first kappa shape index (κ1) is 18.7. The van der Waals surface area contributed by atoms with Crippen molar-refractivity contribution in [3.05, 3.63) is 41.0 Å². The third kappa shape index (κ3) is 3.70. The highest BCUT2D eigenvalue weighted by Crippen LogP contribution is 2.59. The van der Waals surface area contributed by atoms with Gasteiger partial charge >= 0.3 is 0 Å². The number of nitrogens with zero attached hydrogens (tertiary/aromatic N) is 1. The molecule has 3 aliphatic carbocycles. The predicted octanol–water partition coefficient (Wildman–Crippen LogP) is 4.01. The molecule has 1 fully saturated rings. The Hall–Kier alpha value is -1.65. The van der Waals surface area contributed by atoms with Crippen LogP contribution >= 0.6 is 0 Å². The molecule has 1 N–H and O–H groups in total. The zero-order valence-corrected chi connectivity index (χ0v) is 16.9. The van der Waals surface area contributed by atoms with Crippen LogP contribution in [-0.2, 0) is 22.5 Å². The first-order chi connectivity index (χ1) is 13.0. The van der Waals surface area contributed by atoms with Crippen LogP contribution in [0.1, 0.15) is 44.2 Å². The minimum Gasteiger partial charge on any atom is -0.384 e. The molecule has 0 aromatic heterocycles. The number of allylic oxidation sites excluding steroid dienone is 1. The van der Waals surface area contributed by atoms with Crippen LogP contribution in [0.2, 0.25) is 0 Å². The SMILES string of the molecule is COCCC(=O)Nc1ccc2c(c1)CN(CC1=CC[C@H]3C[C@@H]1C3(C)C)CC2. The molecule has 0 saturated heterocycles. The monoisotopic (exact) mass is 368 g/mol. The molecule has 4 heteroatoms. The molecular weight excluding hydrogens is 336 g/mol. The highest BCUT2D eigenvalue weighted by Gasteiger charge is 2.51. The van der Waals surface area contributed by atoms with Crippen LogP contribution in [0.5, 0.6) is 0 Å². The highest BCUT2D eigenvalue weighted by molar-refractivity contribution is 5.90. The predicted molar refractivity (Wildman–Crippen MR) is 109 cm³/mol. The van der Waals surface area contributed by atoms with Crippen LogP contribution in [0.3, 0.4) is 0 Å². The Balaban J connectivity index is 1.40. The van der Waals surface area contributed by atoms with Gasteiger partial charge < -0.3 is 10.1 Å². The number of carbonyl (C=O) groups excluding carboxylic acids is 1. The Morgan fingerprint density at radius 2 is 2.19 bits per heavy atom. The minimum absolute atomic E-state index is 0.0126. The zero-order valence-electron chi connectivity index (χ0n) is 16.9. The fraction of sp³-hybridized carbons (Fsp3) is 0.609. The van der Waals surface area contributed by atoms with Gasteiger partial charge in [-0.3, -0.25) is 9.69 Å². The summed E-state index contributed by atoms with van der Waals surface area (Å²) in [5.41, 5.74) is 5.83. The lowest BCUT2D eigenvalue weighted by Gasteiger charge is -2.57. The summed E-state index contributed by atoms with van der Waals surface area (Å²) in [7, 11) is 1.62. The normalized spacial score (nSPS) is 26.0. The standard InChI is InChI=1S/C23H32N2O2/c1-23(2)19-6-4-17(21(23)13-19)14-25-10-8-16-5-7-20(12-18(16)15-25)24-22(26)9-11-27-3/h4-5,7,12,19,21H,6,8-11,13-15H2,1-3H3,(H,24,26)/t19-,21-/m0/s1. The Bertz CT molecular complexity index is 753. The third-order valence-electron chi connectivity index (χ3n) is 7.10. The van der Waals surface area contributed by atoms with Crippen LogP contribution in [0.15, 0.2) is 29.8 Å². The van der Waals surface area contributed by atoms with Gasteiger partial charge in [0.1, 0.15) is 0 Å². The van der Waals surface area contributed by atoms with Gasteiger partial charge in [-0.1, -0.05) is 31.6 Å².